The van der Waals surface area contributed by atoms with Crippen molar-refractivity contribution in [2.24, 2.45) is 11.8 Å². The van der Waals surface area contributed by atoms with Gasteiger partial charge in [-0.15, -0.1) is 0 Å². The molecule has 3 unspecified atom stereocenters. The number of thiazole rings is 1. The van der Waals surface area contributed by atoms with Crippen molar-refractivity contribution in [1.82, 2.24) is 4.98 Å². The molecule has 0 aromatic carbocycles. The SMILES string of the molecule is CCC(C)c1nc(N2CCC(C)C(C)C2)sc1C=O. The van der Waals surface area contributed by atoms with Crippen LogP contribution in [0.15, 0.2) is 0 Å². The number of rotatable bonds is 4. The number of carbonyl (C=O) groups excluding carboxylic acids is 1. The molecule has 1 aliphatic rings. The van der Waals surface area contributed by atoms with Gasteiger partial charge in [0, 0.05) is 13.1 Å². The highest BCUT2D eigenvalue weighted by Crippen LogP contribution is 2.34. The third-order valence-electron chi connectivity index (χ3n) is 4.46. The molecular formula is C15H24N2OS. The van der Waals surface area contributed by atoms with Gasteiger partial charge in [-0.1, -0.05) is 39.0 Å². The quantitative estimate of drug-likeness (QED) is 0.783. The molecule has 2 rings (SSSR count). The van der Waals surface area contributed by atoms with Crippen molar-refractivity contribution < 1.29 is 4.79 Å². The fourth-order valence-electron chi connectivity index (χ4n) is 2.53. The number of nitrogens with zero attached hydrogens (tertiary/aromatic N) is 2. The summed E-state index contributed by atoms with van der Waals surface area (Å²) in [6.07, 6.45) is 3.21. The maximum atomic E-state index is 11.2. The van der Waals surface area contributed by atoms with Gasteiger partial charge in [-0.05, 0) is 30.6 Å². The molecule has 2 heterocycles. The number of carbonyl (C=O) groups is 1. The summed E-state index contributed by atoms with van der Waals surface area (Å²) in [5, 5.41) is 1.04. The van der Waals surface area contributed by atoms with E-state index in [0.29, 0.717) is 11.8 Å². The molecule has 0 N–H and O–H groups in total. The molecule has 4 heteroatoms. The van der Waals surface area contributed by atoms with Crippen LogP contribution in [0.2, 0.25) is 0 Å². The summed E-state index contributed by atoms with van der Waals surface area (Å²) in [4.78, 5) is 19.1. The topological polar surface area (TPSA) is 33.2 Å². The highest BCUT2D eigenvalue weighted by Gasteiger charge is 2.26. The molecule has 0 spiro atoms. The molecule has 1 aromatic heterocycles. The van der Waals surface area contributed by atoms with Crippen molar-refractivity contribution >= 4 is 22.8 Å². The molecule has 1 aliphatic heterocycles. The first-order chi connectivity index (χ1) is 9.06. The van der Waals surface area contributed by atoms with Crippen LogP contribution in [-0.4, -0.2) is 24.4 Å². The van der Waals surface area contributed by atoms with E-state index in [1.165, 1.54) is 6.42 Å². The Hall–Kier alpha value is -0.900. The summed E-state index contributed by atoms with van der Waals surface area (Å²) in [6, 6.07) is 0. The first kappa shape index (κ1) is 14.5. The summed E-state index contributed by atoms with van der Waals surface area (Å²) in [5.41, 5.74) is 0.990. The third-order valence-corrected chi connectivity index (χ3v) is 5.52. The molecule has 1 saturated heterocycles. The summed E-state index contributed by atoms with van der Waals surface area (Å²) in [5.74, 6) is 1.85. The minimum absolute atomic E-state index is 0.367. The lowest BCUT2D eigenvalue weighted by Gasteiger charge is -2.35. The van der Waals surface area contributed by atoms with Gasteiger partial charge >= 0.3 is 0 Å². The molecule has 3 nitrogen and oxygen atoms in total. The zero-order valence-corrected chi connectivity index (χ0v) is 13.2. The third kappa shape index (κ3) is 2.99. The Kier molecular flexibility index (Phi) is 4.61. The lowest BCUT2D eigenvalue weighted by atomic mass is 9.89. The number of anilines is 1. The Morgan fingerprint density at radius 2 is 2.21 bits per heavy atom. The fraction of sp³-hybridized carbons (Fsp3) is 0.733. The fourth-order valence-corrected chi connectivity index (χ4v) is 3.57. The van der Waals surface area contributed by atoms with Crippen LogP contribution >= 0.6 is 11.3 Å². The van der Waals surface area contributed by atoms with Crippen LogP contribution in [0.1, 0.15) is 61.8 Å². The molecule has 0 radical (unpaired) electrons. The minimum Gasteiger partial charge on any atom is -0.348 e. The number of aromatic nitrogens is 1. The van der Waals surface area contributed by atoms with Crippen molar-refractivity contribution in [3.8, 4) is 0 Å². The van der Waals surface area contributed by atoms with Crippen LogP contribution in [-0.2, 0) is 0 Å². The van der Waals surface area contributed by atoms with Gasteiger partial charge in [-0.2, -0.15) is 0 Å². The first-order valence-electron chi connectivity index (χ1n) is 7.27. The molecule has 106 valence electrons. The summed E-state index contributed by atoms with van der Waals surface area (Å²) in [6.45, 7) is 11.0. The van der Waals surface area contributed by atoms with Gasteiger partial charge < -0.3 is 4.90 Å². The average Bonchev–Trinajstić information content (AvgIpc) is 2.85. The molecule has 0 saturated carbocycles. The second kappa shape index (κ2) is 6.04. The van der Waals surface area contributed by atoms with E-state index >= 15 is 0 Å². The largest absolute Gasteiger partial charge is 0.348 e. The van der Waals surface area contributed by atoms with E-state index in [-0.39, 0.29) is 0 Å². The van der Waals surface area contributed by atoms with E-state index in [2.05, 4.69) is 32.6 Å². The molecule has 1 aromatic rings. The molecule has 19 heavy (non-hydrogen) atoms. The smallest absolute Gasteiger partial charge is 0.186 e. The van der Waals surface area contributed by atoms with Crippen LogP contribution in [0.3, 0.4) is 0 Å². The lowest BCUT2D eigenvalue weighted by Crippen LogP contribution is -2.38. The lowest BCUT2D eigenvalue weighted by molar-refractivity contribution is 0.112. The van der Waals surface area contributed by atoms with Crippen LogP contribution in [0.4, 0.5) is 5.13 Å². The molecule has 0 bridgehead atoms. The predicted octanol–water partition coefficient (Wildman–Crippen LogP) is 3.95. The number of hydrogen-bond donors (Lipinski definition) is 0. The second-order valence-electron chi connectivity index (χ2n) is 5.86. The van der Waals surface area contributed by atoms with Crippen molar-refractivity contribution in [3.05, 3.63) is 10.6 Å². The Morgan fingerprint density at radius 1 is 1.47 bits per heavy atom. The first-order valence-corrected chi connectivity index (χ1v) is 8.09. The zero-order chi connectivity index (χ0) is 14.0. The Labute approximate surface area is 120 Å². The van der Waals surface area contributed by atoms with E-state index in [1.54, 1.807) is 11.3 Å². The Morgan fingerprint density at radius 3 is 2.79 bits per heavy atom. The van der Waals surface area contributed by atoms with Crippen LogP contribution in [0.5, 0.6) is 0 Å². The summed E-state index contributed by atoms with van der Waals surface area (Å²) in [7, 11) is 0. The van der Waals surface area contributed by atoms with E-state index in [4.69, 9.17) is 4.98 Å². The van der Waals surface area contributed by atoms with Gasteiger partial charge in [0.05, 0.1) is 10.6 Å². The molecule has 0 aliphatic carbocycles. The number of piperidine rings is 1. The number of hydrogen-bond acceptors (Lipinski definition) is 4. The van der Waals surface area contributed by atoms with Gasteiger partial charge in [0.2, 0.25) is 0 Å². The average molecular weight is 280 g/mol. The maximum absolute atomic E-state index is 11.2. The van der Waals surface area contributed by atoms with Gasteiger partial charge in [-0.3, -0.25) is 4.79 Å². The molecule has 1 fully saturated rings. The van der Waals surface area contributed by atoms with Gasteiger partial charge in [0.1, 0.15) is 0 Å². The highest BCUT2D eigenvalue weighted by atomic mass is 32.1. The standard InChI is InChI=1S/C15H24N2OS/c1-5-10(2)14-13(9-18)19-15(16-14)17-7-6-11(3)12(4)8-17/h9-12H,5-8H2,1-4H3. The van der Waals surface area contributed by atoms with E-state index in [9.17, 15) is 4.79 Å². The van der Waals surface area contributed by atoms with Crippen LogP contribution in [0, 0.1) is 11.8 Å². The second-order valence-corrected chi connectivity index (χ2v) is 6.87. The number of aldehydes is 1. The highest BCUT2D eigenvalue weighted by molar-refractivity contribution is 7.17. The zero-order valence-electron chi connectivity index (χ0n) is 12.3. The van der Waals surface area contributed by atoms with Crippen molar-refractivity contribution in [3.63, 3.8) is 0 Å². The predicted molar refractivity (Wildman–Crippen MR) is 81.4 cm³/mol. The van der Waals surface area contributed by atoms with E-state index < -0.39 is 0 Å². The molecule has 0 amide bonds. The Balaban J connectivity index is 2.21. The van der Waals surface area contributed by atoms with Gasteiger partial charge in [0.15, 0.2) is 11.4 Å². The molecular weight excluding hydrogens is 256 g/mol. The van der Waals surface area contributed by atoms with Crippen molar-refractivity contribution in [2.45, 2.75) is 46.5 Å². The van der Waals surface area contributed by atoms with Crippen LogP contribution < -0.4 is 4.90 Å². The minimum atomic E-state index is 0.367. The van der Waals surface area contributed by atoms with Crippen molar-refractivity contribution in [1.29, 1.82) is 0 Å². The Bertz CT molecular complexity index is 443. The van der Waals surface area contributed by atoms with E-state index in [1.807, 2.05) is 0 Å². The monoisotopic (exact) mass is 280 g/mol. The van der Waals surface area contributed by atoms with Gasteiger partial charge in [-0.25, -0.2) is 4.98 Å². The van der Waals surface area contributed by atoms with Crippen molar-refractivity contribution in [2.75, 3.05) is 18.0 Å². The summed E-state index contributed by atoms with van der Waals surface area (Å²) >= 11 is 1.56. The normalized spacial score (nSPS) is 25.4. The maximum Gasteiger partial charge on any atom is 0.186 e. The summed E-state index contributed by atoms with van der Waals surface area (Å²) < 4.78 is 0. The van der Waals surface area contributed by atoms with Crippen LogP contribution in [0.25, 0.3) is 0 Å². The van der Waals surface area contributed by atoms with Gasteiger partial charge in [0.25, 0.3) is 0 Å². The molecule has 3 atom stereocenters. The van der Waals surface area contributed by atoms with E-state index in [0.717, 1.165) is 47.4 Å².